The molecule has 3 nitrogen and oxygen atoms in total. The Morgan fingerprint density at radius 3 is 2.86 bits per heavy atom. The van der Waals surface area contributed by atoms with Crippen molar-refractivity contribution in [2.24, 2.45) is 0 Å². The average Bonchev–Trinajstić information content (AvgIpc) is 2.61. The fourth-order valence-electron chi connectivity index (χ4n) is 1.43. The molecule has 0 atom stereocenters. The third-order valence-electron chi connectivity index (χ3n) is 2.14. The molecule has 0 spiro atoms. The Bertz CT molecular complexity index is 365. The molecule has 14 heavy (non-hydrogen) atoms. The molecule has 0 aliphatic carbocycles. The molecule has 1 aromatic rings. The molecule has 0 aromatic carbocycles. The van der Waals surface area contributed by atoms with Gasteiger partial charge in [0.15, 0.2) is 0 Å². The van der Waals surface area contributed by atoms with Gasteiger partial charge in [0, 0.05) is 18.5 Å². The van der Waals surface area contributed by atoms with Crippen molar-refractivity contribution >= 4 is 27.9 Å². The molecule has 74 valence electrons. The Balaban J connectivity index is 2.26. The number of ether oxygens (including phenoxy) is 1. The van der Waals surface area contributed by atoms with E-state index in [4.69, 9.17) is 21.6 Å². The summed E-state index contributed by atoms with van der Waals surface area (Å²) in [7, 11) is 0. The van der Waals surface area contributed by atoms with Crippen LogP contribution in [-0.2, 0) is 4.74 Å². The molecule has 0 radical (unpaired) electrons. The first kappa shape index (κ1) is 9.78. The lowest BCUT2D eigenvalue weighted by molar-refractivity contribution is 0.123. The lowest BCUT2D eigenvalue weighted by Gasteiger charge is -2.27. The van der Waals surface area contributed by atoms with Crippen molar-refractivity contribution in [2.75, 3.05) is 31.2 Å². The van der Waals surface area contributed by atoms with Crippen molar-refractivity contribution in [1.29, 1.82) is 5.26 Å². The van der Waals surface area contributed by atoms with Crippen molar-refractivity contribution in [3.05, 3.63) is 16.0 Å². The molecule has 0 unspecified atom stereocenters. The Morgan fingerprint density at radius 2 is 2.21 bits per heavy atom. The fourth-order valence-corrected chi connectivity index (χ4v) is 2.69. The zero-order valence-electron chi connectivity index (χ0n) is 7.49. The van der Waals surface area contributed by atoms with Gasteiger partial charge in [-0.1, -0.05) is 11.6 Å². The maximum absolute atomic E-state index is 8.93. The van der Waals surface area contributed by atoms with E-state index in [1.165, 1.54) is 11.3 Å². The smallest absolute Gasteiger partial charge is 0.111 e. The quantitative estimate of drug-likeness (QED) is 0.739. The second-order valence-electron chi connectivity index (χ2n) is 2.98. The summed E-state index contributed by atoms with van der Waals surface area (Å²) < 4.78 is 5.25. The molecule has 1 saturated heterocycles. The van der Waals surface area contributed by atoms with E-state index < -0.39 is 0 Å². The number of morpholine rings is 1. The highest BCUT2D eigenvalue weighted by molar-refractivity contribution is 7.15. The minimum absolute atomic E-state index is 0.555. The van der Waals surface area contributed by atoms with Crippen LogP contribution in [0.15, 0.2) is 5.38 Å². The first-order valence-corrected chi connectivity index (χ1v) is 5.58. The van der Waals surface area contributed by atoms with Crippen LogP contribution in [0.3, 0.4) is 0 Å². The topological polar surface area (TPSA) is 36.3 Å². The summed E-state index contributed by atoms with van der Waals surface area (Å²) in [5, 5.41) is 12.3. The molecule has 1 fully saturated rings. The number of hydrogen-bond donors (Lipinski definition) is 0. The summed E-state index contributed by atoms with van der Waals surface area (Å²) in [6, 6.07) is 2.14. The molecule has 0 saturated carbocycles. The van der Waals surface area contributed by atoms with E-state index >= 15 is 0 Å². The van der Waals surface area contributed by atoms with E-state index in [0.717, 1.165) is 31.3 Å². The molecule has 0 amide bonds. The van der Waals surface area contributed by atoms with Crippen LogP contribution in [0.1, 0.15) is 5.56 Å². The van der Waals surface area contributed by atoms with Gasteiger partial charge in [0.25, 0.3) is 0 Å². The van der Waals surface area contributed by atoms with Crippen LogP contribution in [0.2, 0.25) is 5.02 Å². The molecular formula is C9H9ClN2OS. The third-order valence-corrected chi connectivity index (χ3v) is 3.60. The van der Waals surface area contributed by atoms with E-state index in [1.807, 2.05) is 5.38 Å². The summed E-state index contributed by atoms with van der Waals surface area (Å²) in [5.74, 6) is 0. The predicted molar refractivity (Wildman–Crippen MR) is 57.1 cm³/mol. The van der Waals surface area contributed by atoms with Gasteiger partial charge in [-0.15, -0.1) is 11.3 Å². The van der Waals surface area contributed by atoms with Gasteiger partial charge in [0.05, 0.1) is 18.2 Å². The molecule has 1 aliphatic heterocycles. The molecule has 2 heterocycles. The highest BCUT2D eigenvalue weighted by Crippen LogP contribution is 2.34. The van der Waals surface area contributed by atoms with E-state index in [-0.39, 0.29) is 0 Å². The first-order chi connectivity index (χ1) is 6.83. The fraction of sp³-hybridized carbons (Fsp3) is 0.444. The molecule has 0 bridgehead atoms. The summed E-state index contributed by atoms with van der Waals surface area (Å²) in [6.45, 7) is 3.12. The van der Waals surface area contributed by atoms with Crippen molar-refractivity contribution < 1.29 is 4.74 Å². The maximum Gasteiger partial charge on any atom is 0.111 e. The maximum atomic E-state index is 8.93. The monoisotopic (exact) mass is 228 g/mol. The zero-order chi connectivity index (χ0) is 9.97. The zero-order valence-corrected chi connectivity index (χ0v) is 9.07. The number of nitriles is 1. The van der Waals surface area contributed by atoms with E-state index in [9.17, 15) is 0 Å². The molecule has 2 rings (SSSR count). The molecule has 1 aromatic heterocycles. The predicted octanol–water partition coefficient (Wildman–Crippen LogP) is 2.11. The largest absolute Gasteiger partial charge is 0.378 e. The van der Waals surface area contributed by atoms with Crippen LogP contribution in [0, 0.1) is 11.3 Å². The molecule has 0 N–H and O–H groups in total. The van der Waals surface area contributed by atoms with Crippen LogP contribution < -0.4 is 4.90 Å². The highest BCUT2D eigenvalue weighted by atomic mass is 35.5. The number of rotatable bonds is 1. The summed E-state index contributed by atoms with van der Waals surface area (Å²) in [6.07, 6.45) is 0. The van der Waals surface area contributed by atoms with Gasteiger partial charge in [-0.05, 0) is 0 Å². The van der Waals surface area contributed by atoms with Gasteiger partial charge in [0.1, 0.15) is 16.6 Å². The van der Waals surface area contributed by atoms with Crippen LogP contribution in [-0.4, -0.2) is 26.3 Å². The van der Waals surface area contributed by atoms with Crippen LogP contribution in [0.4, 0.5) is 5.00 Å². The van der Waals surface area contributed by atoms with Crippen molar-refractivity contribution in [1.82, 2.24) is 0 Å². The van der Waals surface area contributed by atoms with E-state index in [2.05, 4.69) is 11.0 Å². The molecule has 5 heteroatoms. The highest BCUT2D eigenvalue weighted by Gasteiger charge is 2.18. The Labute approximate surface area is 91.5 Å². The molecular weight excluding hydrogens is 220 g/mol. The minimum Gasteiger partial charge on any atom is -0.378 e. The van der Waals surface area contributed by atoms with Crippen molar-refractivity contribution in [3.63, 3.8) is 0 Å². The summed E-state index contributed by atoms with van der Waals surface area (Å²) >= 11 is 7.42. The Morgan fingerprint density at radius 1 is 1.50 bits per heavy atom. The van der Waals surface area contributed by atoms with Gasteiger partial charge in [-0.25, -0.2) is 0 Å². The number of anilines is 1. The normalized spacial score (nSPS) is 16.7. The minimum atomic E-state index is 0.555. The summed E-state index contributed by atoms with van der Waals surface area (Å²) in [4.78, 5) is 2.15. The van der Waals surface area contributed by atoms with Gasteiger partial charge in [0.2, 0.25) is 0 Å². The SMILES string of the molecule is N#Cc1c(Cl)csc1N1CCOCC1. The van der Waals surface area contributed by atoms with Crippen molar-refractivity contribution in [2.45, 2.75) is 0 Å². The van der Waals surface area contributed by atoms with Crippen LogP contribution in [0.5, 0.6) is 0 Å². The first-order valence-electron chi connectivity index (χ1n) is 4.32. The van der Waals surface area contributed by atoms with Crippen LogP contribution >= 0.6 is 22.9 Å². The number of thiophene rings is 1. The summed E-state index contributed by atoms with van der Waals surface area (Å²) in [5.41, 5.74) is 0.596. The van der Waals surface area contributed by atoms with Gasteiger partial charge >= 0.3 is 0 Å². The number of nitrogens with zero attached hydrogens (tertiary/aromatic N) is 2. The average molecular weight is 229 g/mol. The standard InChI is InChI=1S/C9H9ClN2OS/c10-8-6-14-9(7(8)5-11)12-1-3-13-4-2-12/h6H,1-4H2. The second-order valence-corrected chi connectivity index (χ2v) is 4.24. The van der Waals surface area contributed by atoms with E-state index in [1.54, 1.807) is 0 Å². The third kappa shape index (κ3) is 1.71. The van der Waals surface area contributed by atoms with Gasteiger partial charge < -0.3 is 9.64 Å². The number of halogens is 1. The molecule has 1 aliphatic rings. The lowest BCUT2D eigenvalue weighted by atomic mass is 10.3. The van der Waals surface area contributed by atoms with Gasteiger partial charge in [-0.2, -0.15) is 5.26 Å². The Hall–Kier alpha value is -0.760. The number of hydrogen-bond acceptors (Lipinski definition) is 4. The van der Waals surface area contributed by atoms with Crippen molar-refractivity contribution in [3.8, 4) is 6.07 Å². The second kappa shape index (κ2) is 4.18. The van der Waals surface area contributed by atoms with Crippen LogP contribution in [0.25, 0.3) is 0 Å². The Kier molecular flexibility index (Phi) is 2.92. The lowest BCUT2D eigenvalue weighted by Crippen LogP contribution is -2.36. The van der Waals surface area contributed by atoms with E-state index in [0.29, 0.717) is 10.6 Å². The van der Waals surface area contributed by atoms with Gasteiger partial charge in [-0.3, -0.25) is 0 Å².